The number of nitrogens with zero attached hydrogens (tertiary/aromatic N) is 1. The first-order valence-electron chi connectivity index (χ1n) is 6.74. The van der Waals surface area contributed by atoms with E-state index in [1.54, 1.807) is 12.0 Å². The second-order valence-electron chi connectivity index (χ2n) is 4.63. The number of urea groups is 1. The van der Waals surface area contributed by atoms with Crippen molar-refractivity contribution in [2.75, 3.05) is 33.4 Å². The van der Waals surface area contributed by atoms with Gasteiger partial charge in [0.2, 0.25) is 0 Å². The van der Waals surface area contributed by atoms with Gasteiger partial charge in [-0.1, -0.05) is 6.92 Å². The molecule has 1 unspecified atom stereocenters. The van der Waals surface area contributed by atoms with Gasteiger partial charge in [0.1, 0.15) is 0 Å². The van der Waals surface area contributed by atoms with Crippen LogP contribution >= 0.6 is 0 Å². The number of carboxylic acids is 1. The van der Waals surface area contributed by atoms with Crippen LogP contribution in [0.1, 0.15) is 33.1 Å². The Morgan fingerprint density at radius 2 is 2.05 bits per heavy atom. The van der Waals surface area contributed by atoms with E-state index in [-0.39, 0.29) is 12.5 Å². The summed E-state index contributed by atoms with van der Waals surface area (Å²) in [6, 6.07) is -0.0926. The monoisotopic (exact) mass is 274 g/mol. The molecule has 112 valence electrons. The molecular weight excluding hydrogens is 248 g/mol. The van der Waals surface area contributed by atoms with Crippen LogP contribution in [0.15, 0.2) is 0 Å². The predicted octanol–water partition coefficient (Wildman–Crippen LogP) is 1.56. The van der Waals surface area contributed by atoms with Crippen molar-refractivity contribution in [2.45, 2.75) is 33.1 Å². The Kier molecular flexibility index (Phi) is 9.88. The summed E-state index contributed by atoms with van der Waals surface area (Å²) in [5.41, 5.74) is 0. The summed E-state index contributed by atoms with van der Waals surface area (Å²) in [7, 11) is 1.61. The van der Waals surface area contributed by atoms with Gasteiger partial charge in [-0.15, -0.1) is 0 Å². The van der Waals surface area contributed by atoms with E-state index in [1.807, 2.05) is 13.8 Å². The van der Waals surface area contributed by atoms with Crippen LogP contribution in [0.2, 0.25) is 0 Å². The molecule has 0 aromatic heterocycles. The lowest BCUT2D eigenvalue weighted by atomic mass is 10.0. The topological polar surface area (TPSA) is 78.9 Å². The number of nitrogens with one attached hydrogen (secondary N) is 1. The van der Waals surface area contributed by atoms with Crippen LogP contribution < -0.4 is 5.32 Å². The Labute approximate surface area is 115 Å². The number of methoxy groups -OCH3 is 1. The first kappa shape index (κ1) is 17.7. The third-order valence-corrected chi connectivity index (χ3v) is 3.00. The Hall–Kier alpha value is -1.30. The van der Waals surface area contributed by atoms with Gasteiger partial charge in [0, 0.05) is 33.2 Å². The average Bonchev–Trinajstić information content (AvgIpc) is 2.37. The summed E-state index contributed by atoms with van der Waals surface area (Å²) in [6.45, 7) is 6.23. The summed E-state index contributed by atoms with van der Waals surface area (Å²) < 4.78 is 4.94. The molecule has 0 aromatic carbocycles. The van der Waals surface area contributed by atoms with E-state index in [9.17, 15) is 9.59 Å². The van der Waals surface area contributed by atoms with E-state index in [2.05, 4.69) is 5.32 Å². The number of ether oxygens (including phenoxy) is 1. The number of amides is 2. The smallest absolute Gasteiger partial charge is 0.317 e. The average molecular weight is 274 g/mol. The minimum absolute atomic E-state index is 0.0926. The van der Waals surface area contributed by atoms with E-state index in [4.69, 9.17) is 9.84 Å². The summed E-state index contributed by atoms with van der Waals surface area (Å²) in [5.74, 6) is -0.474. The highest BCUT2D eigenvalue weighted by atomic mass is 16.5. The molecule has 0 heterocycles. The lowest BCUT2D eigenvalue weighted by Gasteiger charge is -2.21. The van der Waals surface area contributed by atoms with Gasteiger partial charge in [0.05, 0.1) is 6.61 Å². The van der Waals surface area contributed by atoms with Crippen molar-refractivity contribution in [3.8, 4) is 0 Å². The van der Waals surface area contributed by atoms with E-state index in [0.717, 1.165) is 6.42 Å². The number of hydrogen-bond acceptors (Lipinski definition) is 3. The molecule has 0 spiro atoms. The maximum atomic E-state index is 11.8. The van der Waals surface area contributed by atoms with Gasteiger partial charge < -0.3 is 20.1 Å². The molecule has 6 nitrogen and oxygen atoms in total. The lowest BCUT2D eigenvalue weighted by molar-refractivity contribution is -0.137. The second kappa shape index (κ2) is 10.6. The molecule has 0 saturated heterocycles. The van der Waals surface area contributed by atoms with Crippen molar-refractivity contribution >= 4 is 12.0 Å². The molecule has 19 heavy (non-hydrogen) atoms. The van der Waals surface area contributed by atoms with Crippen molar-refractivity contribution in [2.24, 2.45) is 5.92 Å². The van der Waals surface area contributed by atoms with Crippen LogP contribution in [0, 0.1) is 5.92 Å². The molecule has 1 atom stereocenters. The Balaban J connectivity index is 3.79. The lowest BCUT2D eigenvalue weighted by Crippen LogP contribution is -2.42. The van der Waals surface area contributed by atoms with E-state index in [0.29, 0.717) is 38.6 Å². The molecule has 6 heteroatoms. The SMILES string of the molecule is CCN(CCOC)C(=O)NCCC(C)CCC(=O)O. The van der Waals surface area contributed by atoms with Crippen LogP contribution in [0.25, 0.3) is 0 Å². The molecule has 2 N–H and O–H groups in total. The molecule has 0 aliphatic rings. The van der Waals surface area contributed by atoms with Gasteiger partial charge in [-0.2, -0.15) is 0 Å². The maximum absolute atomic E-state index is 11.8. The van der Waals surface area contributed by atoms with Crippen LogP contribution in [-0.2, 0) is 9.53 Å². The van der Waals surface area contributed by atoms with Crippen LogP contribution in [-0.4, -0.2) is 55.4 Å². The first-order chi connectivity index (χ1) is 9.01. The van der Waals surface area contributed by atoms with Crippen molar-refractivity contribution in [3.63, 3.8) is 0 Å². The highest BCUT2D eigenvalue weighted by Crippen LogP contribution is 2.09. The van der Waals surface area contributed by atoms with Gasteiger partial charge in [-0.3, -0.25) is 4.79 Å². The van der Waals surface area contributed by atoms with Gasteiger partial charge in [0.15, 0.2) is 0 Å². The number of carbonyl (C=O) groups excluding carboxylic acids is 1. The number of likely N-dealkylation sites (N-methyl/N-ethyl adjacent to an activating group) is 1. The number of rotatable bonds is 10. The quantitative estimate of drug-likeness (QED) is 0.633. The van der Waals surface area contributed by atoms with Crippen molar-refractivity contribution < 1.29 is 19.4 Å². The van der Waals surface area contributed by atoms with Crippen molar-refractivity contribution in [3.05, 3.63) is 0 Å². The highest BCUT2D eigenvalue weighted by Gasteiger charge is 2.11. The Bertz CT molecular complexity index is 271. The largest absolute Gasteiger partial charge is 0.481 e. The van der Waals surface area contributed by atoms with Crippen LogP contribution in [0.5, 0.6) is 0 Å². The molecule has 0 radical (unpaired) electrons. The van der Waals surface area contributed by atoms with E-state index < -0.39 is 5.97 Å². The second-order valence-corrected chi connectivity index (χ2v) is 4.63. The minimum Gasteiger partial charge on any atom is -0.481 e. The molecule has 0 fully saturated rings. The zero-order chi connectivity index (χ0) is 14.7. The van der Waals surface area contributed by atoms with E-state index in [1.165, 1.54) is 0 Å². The summed E-state index contributed by atoms with van der Waals surface area (Å²) in [4.78, 5) is 23.9. The molecule has 0 aliphatic carbocycles. The fourth-order valence-corrected chi connectivity index (χ4v) is 1.66. The predicted molar refractivity (Wildman–Crippen MR) is 73.2 cm³/mol. The standard InChI is InChI=1S/C13H26N2O4/c1-4-15(9-10-19-3)13(18)14-8-7-11(2)5-6-12(16)17/h11H,4-10H2,1-3H3,(H,14,18)(H,16,17). The molecule has 0 aliphatic heterocycles. The molecule has 0 bridgehead atoms. The molecule has 2 amide bonds. The Morgan fingerprint density at radius 1 is 1.37 bits per heavy atom. The molecule has 0 saturated carbocycles. The maximum Gasteiger partial charge on any atom is 0.317 e. The van der Waals surface area contributed by atoms with Crippen LogP contribution in [0.3, 0.4) is 0 Å². The van der Waals surface area contributed by atoms with E-state index >= 15 is 0 Å². The fraction of sp³-hybridized carbons (Fsp3) is 0.846. The highest BCUT2D eigenvalue weighted by molar-refractivity contribution is 5.74. The van der Waals surface area contributed by atoms with Crippen molar-refractivity contribution in [1.29, 1.82) is 0 Å². The van der Waals surface area contributed by atoms with Crippen LogP contribution in [0.4, 0.5) is 4.79 Å². The molecular formula is C13H26N2O4. The third kappa shape index (κ3) is 9.30. The summed E-state index contributed by atoms with van der Waals surface area (Å²) in [6.07, 6.45) is 1.62. The fourth-order valence-electron chi connectivity index (χ4n) is 1.66. The zero-order valence-electron chi connectivity index (χ0n) is 12.1. The van der Waals surface area contributed by atoms with Gasteiger partial charge >= 0.3 is 12.0 Å². The van der Waals surface area contributed by atoms with Gasteiger partial charge in [-0.25, -0.2) is 4.79 Å². The zero-order valence-corrected chi connectivity index (χ0v) is 12.1. The number of carbonyl (C=O) groups is 2. The minimum atomic E-state index is -0.771. The van der Waals surface area contributed by atoms with Gasteiger partial charge in [0.25, 0.3) is 0 Å². The number of hydrogen-bond donors (Lipinski definition) is 2. The summed E-state index contributed by atoms with van der Waals surface area (Å²) in [5, 5.41) is 11.4. The first-order valence-corrected chi connectivity index (χ1v) is 6.74. The molecule has 0 rings (SSSR count). The van der Waals surface area contributed by atoms with Gasteiger partial charge in [-0.05, 0) is 25.7 Å². The normalized spacial score (nSPS) is 11.9. The molecule has 0 aromatic rings. The Morgan fingerprint density at radius 3 is 2.58 bits per heavy atom. The van der Waals surface area contributed by atoms with Crippen molar-refractivity contribution in [1.82, 2.24) is 10.2 Å². The third-order valence-electron chi connectivity index (χ3n) is 3.00. The number of aliphatic carboxylic acids is 1. The summed E-state index contributed by atoms with van der Waals surface area (Å²) >= 11 is 0. The number of carboxylic acid groups (broad SMARTS) is 1.